The van der Waals surface area contributed by atoms with Gasteiger partial charge in [0.05, 0.1) is 12.3 Å². The molecule has 1 aromatic carbocycles. The third-order valence-electron chi connectivity index (χ3n) is 1.30. The highest BCUT2D eigenvalue weighted by Gasteiger charge is 1.97. The van der Waals surface area contributed by atoms with Crippen molar-refractivity contribution in [3.8, 4) is 5.75 Å². The average molecular weight is 169 g/mol. The predicted molar refractivity (Wildman–Crippen MR) is 49.3 cm³/mol. The van der Waals surface area contributed by atoms with Crippen molar-refractivity contribution in [3.05, 3.63) is 18.2 Å². The minimum absolute atomic E-state index is 0.626. The van der Waals surface area contributed by atoms with Crippen LogP contribution in [0.1, 0.15) is 6.92 Å². The Morgan fingerprint density at radius 2 is 2.27 bits per heavy atom. The number of anilines is 1. The molecule has 0 heterocycles. The van der Waals surface area contributed by atoms with Gasteiger partial charge in [-0.1, -0.05) is 0 Å². The molecule has 0 aliphatic heterocycles. The van der Waals surface area contributed by atoms with Crippen LogP contribution in [0, 0.1) is 0 Å². The normalized spacial score (nSPS) is 9.64. The summed E-state index contributed by atoms with van der Waals surface area (Å²) in [6.45, 7) is 2.55. The summed E-state index contributed by atoms with van der Waals surface area (Å²) in [5.41, 5.74) is 6.27. The lowest BCUT2D eigenvalue weighted by Gasteiger charge is -2.06. The highest BCUT2D eigenvalue weighted by Crippen LogP contribution is 2.23. The fourth-order valence-corrected chi connectivity index (χ4v) is 0.995. The molecule has 0 atom stereocenters. The molecular formula is C8H11NOS. The maximum atomic E-state index is 5.62. The van der Waals surface area contributed by atoms with E-state index in [9.17, 15) is 0 Å². The van der Waals surface area contributed by atoms with Crippen molar-refractivity contribution >= 4 is 18.3 Å². The van der Waals surface area contributed by atoms with Gasteiger partial charge in [0.15, 0.2) is 0 Å². The second kappa shape index (κ2) is 3.53. The molecule has 0 amide bonds. The summed E-state index contributed by atoms with van der Waals surface area (Å²) in [5.74, 6) is 0.708. The fourth-order valence-electron chi connectivity index (χ4n) is 0.804. The molecule has 0 saturated carbocycles. The Balaban J connectivity index is 2.93. The van der Waals surface area contributed by atoms with Crippen molar-refractivity contribution in [1.82, 2.24) is 0 Å². The van der Waals surface area contributed by atoms with Gasteiger partial charge in [0, 0.05) is 4.90 Å². The number of ether oxygens (including phenoxy) is 1. The smallest absolute Gasteiger partial charge is 0.143 e. The van der Waals surface area contributed by atoms with Crippen LogP contribution in [0.4, 0.5) is 5.69 Å². The number of benzene rings is 1. The fraction of sp³-hybridized carbons (Fsp3) is 0.250. The van der Waals surface area contributed by atoms with E-state index in [1.54, 1.807) is 6.07 Å². The van der Waals surface area contributed by atoms with E-state index in [1.165, 1.54) is 0 Å². The lowest BCUT2D eigenvalue weighted by molar-refractivity contribution is 0.341. The average Bonchev–Trinajstić information content (AvgIpc) is 1.98. The van der Waals surface area contributed by atoms with Crippen LogP contribution in [-0.2, 0) is 0 Å². The Kier molecular flexibility index (Phi) is 2.65. The second-order valence-corrected chi connectivity index (χ2v) is 2.67. The molecule has 0 fully saturated rings. The Morgan fingerprint density at radius 1 is 1.55 bits per heavy atom. The minimum Gasteiger partial charge on any atom is -0.492 e. The zero-order valence-electron chi connectivity index (χ0n) is 6.37. The van der Waals surface area contributed by atoms with Gasteiger partial charge in [-0.2, -0.15) is 0 Å². The molecule has 3 heteroatoms. The van der Waals surface area contributed by atoms with E-state index < -0.39 is 0 Å². The van der Waals surface area contributed by atoms with Crippen LogP contribution in [0.3, 0.4) is 0 Å². The van der Waals surface area contributed by atoms with Crippen LogP contribution in [0.2, 0.25) is 0 Å². The summed E-state index contributed by atoms with van der Waals surface area (Å²) in [6.07, 6.45) is 0. The molecule has 0 saturated heterocycles. The molecule has 0 aliphatic rings. The van der Waals surface area contributed by atoms with Crippen LogP contribution in [0.25, 0.3) is 0 Å². The molecule has 0 aromatic heterocycles. The van der Waals surface area contributed by atoms with Gasteiger partial charge in [0.2, 0.25) is 0 Å². The quantitative estimate of drug-likeness (QED) is 0.524. The first-order valence-electron chi connectivity index (χ1n) is 3.45. The van der Waals surface area contributed by atoms with Gasteiger partial charge in [0.25, 0.3) is 0 Å². The summed E-state index contributed by atoms with van der Waals surface area (Å²) in [6, 6.07) is 5.43. The van der Waals surface area contributed by atoms with Crippen molar-refractivity contribution in [2.45, 2.75) is 11.8 Å². The third-order valence-corrected chi connectivity index (χ3v) is 1.58. The molecule has 1 aromatic rings. The topological polar surface area (TPSA) is 35.2 Å². The molecule has 0 unspecified atom stereocenters. The second-order valence-electron chi connectivity index (χ2n) is 2.16. The lowest BCUT2D eigenvalue weighted by atomic mass is 10.3. The molecule has 0 aliphatic carbocycles. The molecule has 2 N–H and O–H groups in total. The summed E-state index contributed by atoms with van der Waals surface area (Å²) in [7, 11) is 0. The number of rotatable bonds is 2. The third kappa shape index (κ3) is 2.05. The van der Waals surface area contributed by atoms with Crippen molar-refractivity contribution in [2.24, 2.45) is 0 Å². The van der Waals surface area contributed by atoms with Crippen molar-refractivity contribution in [2.75, 3.05) is 12.3 Å². The maximum Gasteiger partial charge on any atom is 0.143 e. The van der Waals surface area contributed by atoms with E-state index in [-0.39, 0.29) is 0 Å². The van der Waals surface area contributed by atoms with Gasteiger partial charge in [-0.05, 0) is 25.1 Å². The number of nitrogens with two attached hydrogens (primary N) is 1. The predicted octanol–water partition coefficient (Wildman–Crippen LogP) is 1.96. The molecule has 11 heavy (non-hydrogen) atoms. The Labute approximate surface area is 71.8 Å². The zero-order valence-corrected chi connectivity index (χ0v) is 7.27. The maximum absolute atomic E-state index is 5.62. The molecular weight excluding hydrogens is 158 g/mol. The Morgan fingerprint density at radius 3 is 2.91 bits per heavy atom. The van der Waals surface area contributed by atoms with Crippen molar-refractivity contribution < 1.29 is 4.74 Å². The van der Waals surface area contributed by atoms with Crippen LogP contribution < -0.4 is 10.5 Å². The number of nitrogen functional groups attached to an aromatic ring is 1. The summed E-state index contributed by atoms with van der Waals surface area (Å²) >= 11 is 4.16. The SMILES string of the molecule is CCOc1cc(S)ccc1N. The standard InChI is InChI=1S/C8H11NOS/c1-2-10-8-5-6(11)3-4-7(8)9/h3-5,11H,2,9H2,1H3. The molecule has 0 bridgehead atoms. The van der Waals surface area contributed by atoms with Gasteiger partial charge in [-0.3, -0.25) is 0 Å². The van der Waals surface area contributed by atoms with Gasteiger partial charge >= 0.3 is 0 Å². The van der Waals surface area contributed by atoms with Gasteiger partial charge in [0.1, 0.15) is 5.75 Å². The lowest BCUT2D eigenvalue weighted by Crippen LogP contribution is -1.96. The first-order chi connectivity index (χ1) is 5.24. The summed E-state index contributed by atoms with van der Waals surface area (Å²) in [4.78, 5) is 0.864. The van der Waals surface area contributed by atoms with E-state index in [2.05, 4.69) is 12.6 Å². The Hall–Kier alpha value is -0.830. The van der Waals surface area contributed by atoms with E-state index in [0.717, 1.165) is 4.90 Å². The molecule has 0 spiro atoms. The highest BCUT2D eigenvalue weighted by atomic mass is 32.1. The molecule has 0 radical (unpaired) electrons. The van der Waals surface area contributed by atoms with Crippen LogP contribution in [-0.4, -0.2) is 6.61 Å². The summed E-state index contributed by atoms with van der Waals surface area (Å²) < 4.78 is 5.24. The van der Waals surface area contributed by atoms with Gasteiger partial charge in [-0.25, -0.2) is 0 Å². The van der Waals surface area contributed by atoms with E-state index >= 15 is 0 Å². The first kappa shape index (κ1) is 8.27. The van der Waals surface area contributed by atoms with E-state index in [4.69, 9.17) is 10.5 Å². The number of thiol groups is 1. The minimum atomic E-state index is 0.626. The van der Waals surface area contributed by atoms with Gasteiger partial charge in [-0.15, -0.1) is 12.6 Å². The van der Waals surface area contributed by atoms with Crippen LogP contribution in [0.5, 0.6) is 5.75 Å². The number of hydrogen-bond donors (Lipinski definition) is 2. The van der Waals surface area contributed by atoms with Crippen LogP contribution >= 0.6 is 12.6 Å². The van der Waals surface area contributed by atoms with Gasteiger partial charge < -0.3 is 10.5 Å². The first-order valence-corrected chi connectivity index (χ1v) is 3.90. The zero-order chi connectivity index (χ0) is 8.27. The molecule has 1 rings (SSSR count). The Bertz CT molecular complexity index is 250. The number of hydrogen-bond acceptors (Lipinski definition) is 3. The monoisotopic (exact) mass is 169 g/mol. The molecule has 2 nitrogen and oxygen atoms in total. The largest absolute Gasteiger partial charge is 0.492 e. The molecule has 60 valence electrons. The van der Waals surface area contributed by atoms with Crippen molar-refractivity contribution in [1.29, 1.82) is 0 Å². The van der Waals surface area contributed by atoms with E-state index in [0.29, 0.717) is 18.0 Å². The van der Waals surface area contributed by atoms with Crippen molar-refractivity contribution in [3.63, 3.8) is 0 Å². The highest BCUT2D eigenvalue weighted by molar-refractivity contribution is 7.80. The van der Waals surface area contributed by atoms with E-state index in [1.807, 2.05) is 19.1 Å². The summed E-state index contributed by atoms with van der Waals surface area (Å²) in [5, 5.41) is 0. The van der Waals surface area contributed by atoms with Crippen LogP contribution in [0.15, 0.2) is 23.1 Å².